The van der Waals surface area contributed by atoms with Crippen molar-refractivity contribution in [2.45, 2.75) is 44.7 Å². The molecule has 4 nitrogen and oxygen atoms in total. The molecule has 1 N–H and O–H groups in total. The van der Waals surface area contributed by atoms with Gasteiger partial charge in [-0.15, -0.1) is 0 Å². The van der Waals surface area contributed by atoms with Crippen molar-refractivity contribution in [3.63, 3.8) is 0 Å². The molecule has 0 atom stereocenters. The first-order valence-electron chi connectivity index (χ1n) is 6.69. The van der Waals surface area contributed by atoms with E-state index in [0.29, 0.717) is 11.6 Å². The molecule has 0 spiro atoms. The van der Waals surface area contributed by atoms with Crippen LogP contribution in [0.25, 0.3) is 0 Å². The standard InChI is InChI=1S/C14H17N3O/c15-8-10-7-11-9-16-6-5-13(11)17(14(10)18)12-3-1-2-4-12/h7,12,16H,1-6,9H2. The SMILES string of the molecule is N#Cc1cc2c(n(C3CCCC3)c1=O)CCNC2. The van der Waals surface area contributed by atoms with Gasteiger partial charge in [-0.3, -0.25) is 4.79 Å². The van der Waals surface area contributed by atoms with Gasteiger partial charge in [-0.25, -0.2) is 0 Å². The zero-order valence-electron chi connectivity index (χ0n) is 10.4. The lowest BCUT2D eigenvalue weighted by molar-refractivity contribution is 0.462. The fourth-order valence-electron chi connectivity index (χ4n) is 3.22. The zero-order chi connectivity index (χ0) is 12.5. The van der Waals surface area contributed by atoms with Gasteiger partial charge in [-0.2, -0.15) is 5.26 Å². The minimum Gasteiger partial charge on any atom is -0.312 e. The second-order valence-corrected chi connectivity index (χ2v) is 5.18. The molecule has 4 heteroatoms. The molecule has 94 valence electrons. The highest BCUT2D eigenvalue weighted by molar-refractivity contribution is 5.35. The van der Waals surface area contributed by atoms with Crippen LogP contribution >= 0.6 is 0 Å². The van der Waals surface area contributed by atoms with Gasteiger partial charge in [-0.05, 0) is 24.5 Å². The van der Waals surface area contributed by atoms with Crippen LogP contribution in [-0.2, 0) is 13.0 Å². The fraction of sp³-hybridized carbons (Fsp3) is 0.571. The number of hydrogen-bond acceptors (Lipinski definition) is 3. The third kappa shape index (κ3) is 1.75. The number of nitrogens with one attached hydrogen (secondary N) is 1. The average Bonchev–Trinajstić information content (AvgIpc) is 2.91. The molecule has 18 heavy (non-hydrogen) atoms. The van der Waals surface area contributed by atoms with Gasteiger partial charge in [-0.1, -0.05) is 12.8 Å². The lowest BCUT2D eigenvalue weighted by Crippen LogP contribution is -2.35. The van der Waals surface area contributed by atoms with Crippen molar-refractivity contribution in [3.8, 4) is 6.07 Å². The van der Waals surface area contributed by atoms with Crippen LogP contribution in [0.15, 0.2) is 10.9 Å². The van der Waals surface area contributed by atoms with E-state index in [1.165, 1.54) is 12.8 Å². The molecule has 0 unspecified atom stereocenters. The Hall–Kier alpha value is -1.60. The van der Waals surface area contributed by atoms with E-state index in [0.717, 1.165) is 43.6 Å². The third-order valence-electron chi connectivity index (χ3n) is 4.09. The van der Waals surface area contributed by atoms with Gasteiger partial charge in [0, 0.05) is 31.2 Å². The van der Waals surface area contributed by atoms with Gasteiger partial charge in [0.05, 0.1) is 0 Å². The van der Waals surface area contributed by atoms with E-state index >= 15 is 0 Å². The summed E-state index contributed by atoms with van der Waals surface area (Å²) in [7, 11) is 0. The Balaban J connectivity index is 2.20. The summed E-state index contributed by atoms with van der Waals surface area (Å²) >= 11 is 0. The van der Waals surface area contributed by atoms with Crippen molar-refractivity contribution in [2.24, 2.45) is 0 Å². The summed E-state index contributed by atoms with van der Waals surface area (Å²) < 4.78 is 1.93. The Morgan fingerprint density at radius 3 is 2.89 bits per heavy atom. The quantitative estimate of drug-likeness (QED) is 0.812. The Labute approximate surface area is 106 Å². The minimum absolute atomic E-state index is 0.0787. The lowest BCUT2D eigenvalue weighted by atomic mass is 10.0. The van der Waals surface area contributed by atoms with E-state index in [4.69, 9.17) is 5.26 Å². The van der Waals surface area contributed by atoms with Crippen molar-refractivity contribution in [2.75, 3.05) is 6.54 Å². The number of pyridine rings is 1. The molecular formula is C14H17N3O. The highest BCUT2D eigenvalue weighted by atomic mass is 16.1. The van der Waals surface area contributed by atoms with Gasteiger partial charge in [0.2, 0.25) is 0 Å². The maximum absolute atomic E-state index is 12.4. The van der Waals surface area contributed by atoms with Gasteiger partial charge in [0.1, 0.15) is 11.6 Å². The molecule has 3 rings (SSSR count). The number of hydrogen-bond donors (Lipinski definition) is 1. The largest absolute Gasteiger partial charge is 0.312 e. The fourth-order valence-corrected chi connectivity index (χ4v) is 3.22. The molecule has 2 heterocycles. The predicted octanol–water partition coefficient (Wildman–Crippen LogP) is 1.48. The van der Waals surface area contributed by atoms with E-state index in [1.54, 1.807) is 6.07 Å². The monoisotopic (exact) mass is 243 g/mol. The van der Waals surface area contributed by atoms with Gasteiger partial charge in [0.15, 0.2) is 0 Å². The third-order valence-corrected chi connectivity index (χ3v) is 4.09. The van der Waals surface area contributed by atoms with Crippen LogP contribution in [-0.4, -0.2) is 11.1 Å². The molecule has 1 fully saturated rings. The van der Waals surface area contributed by atoms with Gasteiger partial charge >= 0.3 is 0 Å². The summed E-state index contributed by atoms with van der Waals surface area (Å²) in [4.78, 5) is 12.4. The summed E-state index contributed by atoms with van der Waals surface area (Å²) in [5, 5.41) is 12.4. The lowest BCUT2D eigenvalue weighted by Gasteiger charge is -2.25. The number of nitriles is 1. The van der Waals surface area contributed by atoms with Crippen molar-refractivity contribution >= 4 is 0 Å². The normalized spacial score (nSPS) is 19.5. The van der Waals surface area contributed by atoms with E-state index < -0.39 is 0 Å². The summed E-state index contributed by atoms with van der Waals surface area (Å²) in [6, 6.07) is 4.14. The Morgan fingerprint density at radius 1 is 1.39 bits per heavy atom. The van der Waals surface area contributed by atoms with Gasteiger partial charge in [0.25, 0.3) is 5.56 Å². The van der Waals surface area contributed by atoms with Crippen LogP contribution in [0, 0.1) is 11.3 Å². The van der Waals surface area contributed by atoms with Crippen molar-refractivity contribution < 1.29 is 0 Å². The number of fused-ring (bicyclic) bond motifs is 1. The molecule has 0 aromatic carbocycles. The van der Waals surface area contributed by atoms with Crippen molar-refractivity contribution in [3.05, 3.63) is 33.2 Å². The van der Waals surface area contributed by atoms with Crippen LogP contribution in [0.5, 0.6) is 0 Å². The highest BCUT2D eigenvalue weighted by Crippen LogP contribution is 2.30. The molecule has 0 radical (unpaired) electrons. The summed E-state index contributed by atoms with van der Waals surface area (Å²) in [6.45, 7) is 1.70. The average molecular weight is 243 g/mol. The predicted molar refractivity (Wildman–Crippen MR) is 68.3 cm³/mol. The molecule has 0 saturated heterocycles. The van der Waals surface area contributed by atoms with Crippen molar-refractivity contribution in [1.82, 2.24) is 9.88 Å². The highest BCUT2D eigenvalue weighted by Gasteiger charge is 2.24. The van der Waals surface area contributed by atoms with Crippen LogP contribution in [0.4, 0.5) is 0 Å². The van der Waals surface area contributed by atoms with Crippen LogP contribution in [0.3, 0.4) is 0 Å². The second kappa shape index (κ2) is 4.58. The van der Waals surface area contributed by atoms with Crippen LogP contribution in [0.1, 0.15) is 48.5 Å². The van der Waals surface area contributed by atoms with E-state index in [-0.39, 0.29) is 5.56 Å². The molecular weight excluding hydrogens is 226 g/mol. The van der Waals surface area contributed by atoms with Crippen LogP contribution < -0.4 is 10.9 Å². The summed E-state index contributed by atoms with van der Waals surface area (Å²) in [6.07, 6.45) is 5.44. The molecule has 0 amide bonds. The number of rotatable bonds is 1. The molecule has 2 aliphatic rings. The minimum atomic E-state index is -0.0787. The first kappa shape index (κ1) is 11.5. The first-order chi connectivity index (χ1) is 8.81. The topological polar surface area (TPSA) is 57.8 Å². The van der Waals surface area contributed by atoms with Crippen molar-refractivity contribution in [1.29, 1.82) is 5.26 Å². The number of nitrogens with zero attached hydrogens (tertiary/aromatic N) is 2. The molecule has 1 saturated carbocycles. The summed E-state index contributed by atoms with van der Waals surface area (Å²) in [5.41, 5.74) is 2.50. The zero-order valence-corrected chi connectivity index (χ0v) is 10.4. The molecule has 1 aromatic heterocycles. The maximum Gasteiger partial charge on any atom is 0.268 e. The Morgan fingerprint density at radius 2 is 2.17 bits per heavy atom. The smallest absolute Gasteiger partial charge is 0.268 e. The molecule has 1 aliphatic heterocycles. The van der Waals surface area contributed by atoms with E-state index in [9.17, 15) is 4.79 Å². The molecule has 0 bridgehead atoms. The summed E-state index contributed by atoms with van der Waals surface area (Å²) in [5.74, 6) is 0. The Kier molecular flexibility index (Phi) is 2.92. The van der Waals surface area contributed by atoms with E-state index in [2.05, 4.69) is 5.32 Å². The Bertz CT molecular complexity index is 562. The maximum atomic E-state index is 12.4. The first-order valence-corrected chi connectivity index (χ1v) is 6.69. The van der Waals surface area contributed by atoms with E-state index in [1.807, 2.05) is 10.6 Å². The number of aromatic nitrogens is 1. The second-order valence-electron chi connectivity index (χ2n) is 5.18. The van der Waals surface area contributed by atoms with Gasteiger partial charge < -0.3 is 9.88 Å². The molecule has 1 aliphatic carbocycles. The van der Waals surface area contributed by atoms with Crippen LogP contribution in [0.2, 0.25) is 0 Å². The molecule has 1 aromatic rings.